The van der Waals surface area contributed by atoms with Gasteiger partial charge in [-0.05, 0) is 42.9 Å². The Morgan fingerprint density at radius 1 is 1.25 bits per heavy atom. The number of hydrogen-bond acceptors (Lipinski definition) is 3. The fourth-order valence-electron chi connectivity index (χ4n) is 5.41. The lowest BCUT2D eigenvalue weighted by molar-refractivity contribution is -0.130. The third kappa shape index (κ3) is 1.29. The summed E-state index contributed by atoms with van der Waals surface area (Å²) < 4.78 is 26.6. The molecule has 0 aromatic heterocycles. The maximum atomic E-state index is 12.6. The molecule has 4 nitrogen and oxygen atoms in total. The van der Waals surface area contributed by atoms with E-state index in [2.05, 4.69) is 13.8 Å². The molecule has 5 atom stereocenters. The first-order valence-electron chi connectivity index (χ1n) is 7.77. The number of sulfonamides is 1. The highest BCUT2D eigenvalue weighted by atomic mass is 32.2. The molecule has 3 aliphatic carbocycles. The first-order valence-corrected chi connectivity index (χ1v) is 9.37. The topological polar surface area (TPSA) is 54.5 Å². The van der Waals surface area contributed by atoms with Crippen LogP contribution in [0.2, 0.25) is 0 Å². The summed E-state index contributed by atoms with van der Waals surface area (Å²) in [5.41, 5.74) is -0.126. The van der Waals surface area contributed by atoms with Gasteiger partial charge in [-0.1, -0.05) is 20.8 Å². The third-order valence-electron chi connectivity index (χ3n) is 7.06. The van der Waals surface area contributed by atoms with Gasteiger partial charge in [0.25, 0.3) is 0 Å². The van der Waals surface area contributed by atoms with Gasteiger partial charge in [0.05, 0.1) is 11.8 Å². The van der Waals surface area contributed by atoms with Gasteiger partial charge >= 0.3 is 0 Å². The van der Waals surface area contributed by atoms with Gasteiger partial charge in [-0.2, -0.15) is 0 Å². The van der Waals surface area contributed by atoms with Crippen molar-refractivity contribution in [3.8, 4) is 0 Å². The number of amides is 1. The molecule has 112 valence electrons. The van der Waals surface area contributed by atoms with Crippen LogP contribution in [0.25, 0.3) is 0 Å². The van der Waals surface area contributed by atoms with Crippen molar-refractivity contribution in [3.05, 3.63) is 0 Å². The van der Waals surface area contributed by atoms with Crippen LogP contribution < -0.4 is 0 Å². The molecule has 1 amide bonds. The van der Waals surface area contributed by atoms with Crippen LogP contribution in [0.15, 0.2) is 0 Å². The molecular formula is C15H23NO3S. The highest BCUT2D eigenvalue weighted by Crippen LogP contribution is 2.70. The molecule has 1 aliphatic heterocycles. The van der Waals surface area contributed by atoms with Gasteiger partial charge in [0.1, 0.15) is 0 Å². The smallest absolute Gasteiger partial charge is 0.239 e. The Labute approximate surface area is 121 Å². The number of hydrogen-bond donors (Lipinski definition) is 0. The van der Waals surface area contributed by atoms with E-state index in [0.29, 0.717) is 11.8 Å². The lowest BCUT2D eigenvalue weighted by Gasteiger charge is -2.37. The van der Waals surface area contributed by atoms with Crippen molar-refractivity contribution in [3.63, 3.8) is 0 Å². The van der Waals surface area contributed by atoms with E-state index in [-0.39, 0.29) is 34.4 Å². The van der Waals surface area contributed by atoms with Crippen LogP contribution in [0.4, 0.5) is 0 Å². The second kappa shape index (κ2) is 3.42. The normalized spacial score (nSPS) is 50.2. The Morgan fingerprint density at radius 2 is 1.90 bits per heavy atom. The minimum Gasteiger partial charge on any atom is -0.273 e. The Morgan fingerprint density at radius 3 is 2.45 bits per heavy atom. The Bertz CT molecular complexity index is 596. The minimum absolute atomic E-state index is 0.0397. The molecule has 2 unspecified atom stereocenters. The maximum absolute atomic E-state index is 12.6. The van der Waals surface area contributed by atoms with Crippen molar-refractivity contribution in [1.82, 2.24) is 4.31 Å². The lowest BCUT2D eigenvalue weighted by Crippen LogP contribution is -2.44. The average Bonchev–Trinajstić information content (AvgIpc) is 2.88. The molecular weight excluding hydrogens is 274 g/mol. The van der Waals surface area contributed by atoms with E-state index < -0.39 is 10.0 Å². The summed E-state index contributed by atoms with van der Waals surface area (Å²) >= 11 is 0. The molecule has 4 aliphatic rings. The SMILES string of the molecule is CC1CC1C(=O)N1[C@@H]2C[C@H]3CC[C@]2(CS1(=O)=O)C3(C)C. The number of rotatable bonds is 1. The van der Waals surface area contributed by atoms with Gasteiger partial charge in [0.15, 0.2) is 0 Å². The van der Waals surface area contributed by atoms with Crippen LogP contribution >= 0.6 is 0 Å². The number of nitrogens with zero attached hydrogens (tertiary/aromatic N) is 1. The first kappa shape index (κ1) is 13.1. The van der Waals surface area contributed by atoms with Crippen LogP contribution in [0, 0.1) is 28.6 Å². The van der Waals surface area contributed by atoms with E-state index in [9.17, 15) is 13.2 Å². The molecule has 1 heterocycles. The molecule has 0 radical (unpaired) electrons. The van der Waals surface area contributed by atoms with E-state index in [1.54, 1.807) is 0 Å². The molecule has 5 heteroatoms. The van der Waals surface area contributed by atoms with Gasteiger partial charge in [-0.3, -0.25) is 4.79 Å². The Balaban J connectivity index is 1.77. The van der Waals surface area contributed by atoms with E-state index in [4.69, 9.17) is 0 Å². The van der Waals surface area contributed by atoms with Crippen molar-refractivity contribution < 1.29 is 13.2 Å². The molecule has 1 spiro atoms. The molecule has 0 aromatic carbocycles. The zero-order chi connectivity index (χ0) is 14.5. The quantitative estimate of drug-likeness (QED) is 0.744. The first-order chi connectivity index (χ1) is 9.21. The lowest BCUT2D eigenvalue weighted by atomic mass is 9.69. The van der Waals surface area contributed by atoms with Gasteiger partial charge < -0.3 is 0 Å². The van der Waals surface area contributed by atoms with Crippen LogP contribution in [-0.4, -0.2) is 30.4 Å². The number of fused-ring (bicyclic) bond motifs is 1. The zero-order valence-corrected chi connectivity index (χ0v) is 13.2. The highest BCUT2D eigenvalue weighted by molar-refractivity contribution is 7.90. The molecule has 2 bridgehead atoms. The zero-order valence-electron chi connectivity index (χ0n) is 12.4. The van der Waals surface area contributed by atoms with E-state index >= 15 is 0 Å². The molecule has 20 heavy (non-hydrogen) atoms. The summed E-state index contributed by atoms with van der Waals surface area (Å²) in [6.45, 7) is 6.47. The van der Waals surface area contributed by atoms with Crippen molar-refractivity contribution in [2.24, 2.45) is 28.6 Å². The molecule has 4 fully saturated rings. The summed E-state index contributed by atoms with van der Waals surface area (Å²) in [4.78, 5) is 12.6. The van der Waals surface area contributed by atoms with Gasteiger partial charge in [0, 0.05) is 11.3 Å². The van der Waals surface area contributed by atoms with E-state index in [1.165, 1.54) is 4.31 Å². The summed E-state index contributed by atoms with van der Waals surface area (Å²) in [6.07, 6.45) is 3.84. The van der Waals surface area contributed by atoms with Gasteiger partial charge in [0.2, 0.25) is 15.9 Å². The summed E-state index contributed by atoms with van der Waals surface area (Å²) in [5, 5.41) is 0. The Hall–Kier alpha value is -0.580. The molecule has 1 saturated heterocycles. The summed E-state index contributed by atoms with van der Waals surface area (Å²) in [7, 11) is -3.41. The predicted molar refractivity (Wildman–Crippen MR) is 75.2 cm³/mol. The largest absolute Gasteiger partial charge is 0.273 e. The standard InChI is InChI=1S/C15H23NO3S/c1-9-6-11(9)13(17)16-12-7-10-4-5-15(12,14(10,2)3)8-20(16,18)19/h9-12H,4-8H2,1-3H3/t9?,10-,11?,12-,15-/m1/s1. The second-order valence-corrected chi connectivity index (χ2v) is 9.92. The monoisotopic (exact) mass is 297 g/mol. The third-order valence-corrected chi connectivity index (χ3v) is 8.97. The molecule has 0 aromatic rings. The van der Waals surface area contributed by atoms with Crippen LogP contribution in [-0.2, 0) is 14.8 Å². The fraction of sp³-hybridized carbons (Fsp3) is 0.933. The van der Waals surface area contributed by atoms with E-state index in [0.717, 1.165) is 25.7 Å². The fourth-order valence-corrected chi connectivity index (χ4v) is 7.99. The predicted octanol–water partition coefficient (Wildman–Crippen LogP) is 2.01. The van der Waals surface area contributed by atoms with Crippen molar-refractivity contribution in [2.75, 3.05) is 5.75 Å². The van der Waals surface area contributed by atoms with E-state index in [1.807, 2.05) is 6.92 Å². The highest BCUT2D eigenvalue weighted by Gasteiger charge is 2.72. The minimum atomic E-state index is -3.41. The van der Waals surface area contributed by atoms with Crippen LogP contribution in [0.5, 0.6) is 0 Å². The summed E-state index contributed by atoms with van der Waals surface area (Å²) in [6, 6.07) is -0.0541. The number of carbonyl (C=O) groups is 1. The maximum Gasteiger partial charge on any atom is 0.239 e. The number of carbonyl (C=O) groups excluding carboxylic acids is 1. The van der Waals surface area contributed by atoms with Crippen molar-refractivity contribution in [2.45, 2.75) is 52.5 Å². The second-order valence-electron chi connectivity index (χ2n) is 8.07. The van der Waals surface area contributed by atoms with Gasteiger partial charge in [-0.15, -0.1) is 0 Å². The molecule has 0 N–H and O–H groups in total. The average molecular weight is 297 g/mol. The molecule has 4 rings (SSSR count). The van der Waals surface area contributed by atoms with Crippen LogP contribution in [0.3, 0.4) is 0 Å². The summed E-state index contributed by atoms with van der Waals surface area (Å²) in [5.74, 6) is 0.988. The van der Waals surface area contributed by atoms with Crippen molar-refractivity contribution in [1.29, 1.82) is 0 Å². The van der Waals surface area contributed by atoms with Crippen molar-refractivity contribution >= 4 is 15.9 Å². The Kier molecular flexibility index (Phi) is 2.24. The van der Waals surface area contributed by atoms with Gasteiger partial charge in [-0.25, -0.2) is 12.7 Å². The molecule has 3 saturated carbocycles. The van der Waals surface area contributed by atoms with Crippen LogP contribution in [0.1, 0.15) is 46.5 Å².